The molecule has 0 bridgehead atoms. The van der Waals surface area contributed by atoms with Gasteiger partial charge >= 0.3 is 0 Å². The summed E-state index contributed by atoms with van der Waals surface area (Å²) in [6.45, 7) is 0. The molecule has 0 spiro atoms. The van der Waals surface area contributed by atoms with Gasteiger partial charge in [-0.25, -0.2) is 8.78 Å². The van der Waals surface area contributed by atoms with Crippen molar-refractivity contribution in [2.75, 3.05) is 0 Å². The van der Waals surface area contributed by atoms with Crippen LogP contribution < -0.4 is 5.73 Å². The van der Waals surface area contributed by atoms with E-state index in [2.05, 4.69) is 0 Å². The number of hydrogen-bond donors (Lipinski definition) is 1. The topological polar surface area (TPSA) is 26.0 Å². The number of nitrogens with two attached hydrogens (primary N) is 1. The van der Waals surface area contributed by atoms with Crippen molar-refractivity contribution in [2.24, 2.45) is 5.73 Å². The Labute approximate surface area is 103 Å². The molecule has 0 amide bonds. The predicted octanol–water partition coefficient (Wildman–Crippen LogP) is 3.67. The molecule has 1 nitrogen and oxygen atoms in total. The minimum Gasteiger partial charge on any atom is -0.320 e. The average Bonchev–Trinajstić information content (AvgIpc) is 2.32. The first-order valence-corrected chi connectivity index (χ1v) is 5.43. The third-order valence-electron chi connectivity index (χ3n) is 2.56. The lowest BCUT2D eigenvalue weighted by atomic mass is 9.99. The summed E-state index contributed by atoms with van der Waals surface area (Å²) in [6.07, 6.45) is 0. The van der Waals surface area contributed by atoms with Crippen LogP contribution in [-0.4, -0.2) is 0 Å². The maximum absolute atomic E-state index is 13.5. The molecule has 4 heteroatoms. The van der Waals surface area contributed by atoms with Gasteiger partial charge in [0, 0.05) is 5.56 Å². The average molecular weight is 254 g/mol. The number of rotatable bonds is 2. The molecule has 0 saturated heterocycles. The van der Waals surface area contributed by atoms with Crippen molar-refractivity contribution in [1.29, 1.82) is 0 Å². The largest absolute Gasteiger partial charge is 0.320 e. The first-order valence-electron chi connectivity index (χ1n) is 5.05. The van der Waals surface area contributed by atoms with Crippen LogP contribution in [0, 0.1) is 11.6 Å². The molecule has 0 saturated carbocycles. The second kappa shape index (κ2) is 4.82. The van der Waals surface area contributed by atoms with E-state index in [1.54, 1.807) is 24.3 Å². The molecule has 0 fully saturated rings. The molecule has 0 aliphatic heterocycles. The molecule has 17 heavy (non-hydrogen) atoms. The highest BCUT2D eigenvalue weighted by molar-refractivity contribution is 6.31. The van der Waals surface area contributed by atoms with Crippen LogP contribution >= 0.6 is 11.6 Å². The number of benzene rings is 2. The molecule has 0 aromatic heterocycles. The van der Waals surface area contributed by atoms with Gasteiger partial charge in [-0.2, -0.15) is 0 Å². The molecule has 1 atom stereocenters. The van der Waals surface area contributed by atoms with Crippen LogP contribution in [0.2, 0.25) is 5.02 Å². The monoisotopic (exact) mass is 253 g/mol. The zero-order valence-corrected chi connectivity index (χ0v) is 9.59. The minimum atomic E-state index is -0.778. The van der Waals surface area contributed by atoms with Gasteiger partial charge in [0.2, 0.25) is 0 Å². The van der Waals surface area contributed by atoms with E-state index in [9.17, 15) is 8.78 Å². The second-order valence-corrected chi connectivity index (χ2v) is 4.02. The molecular weight excluding hydrogens is 244 g/mol. The molecule has 0 aliphatic rings. The summed E-state index contributed by atoms with van der Waals surface area (Å²) in [5.41, 5.74) is 6.56. The van der Waals surface area contributed by atoms with Gasteiger partial charge in [0.1, 0.15) is 11.6 Å². The van der Waals surface area contributed by atoms with Gasteiger partial charge in [-0.05, 0) is 17.7 Å². The van der Waals surface area contributed by atoms with E-state index in [1.165, 1.54) is 18.2 Å². The zero-order valence-electron chi connectivity index (χ0n) is 8.83. The van der Waals surface area contributed by atoms with Gasteiger partial charge in [-0.3, -0.25) is 0 Å². The lowest BCUT2D eigenvalue weighted by molar-refractivity contribution is 0.596. The Balaban J connectivity index is 2.48. The Morgan fingerprint density at radius 1 is 0.882 bits per heavy atom. The molecule has 0 radical (unpaired) electrons. The maximum Gasteiger partial charge on any atom is 0.142 e. The van der Waals surface area contributed by atoms with Gasteiger partial charge in [-0.1, -0.05) is 41.9 Å². The zero-order chi connectivity index (χ0) is 12.4. The Morgan fingerprint density at radius 3 is 2.18 bits per heavy atom. The van der Waals surface area contributed by atoms with Crippen molar-refractivity contribution in [1.82, 2.24) is 0 Å². The van der Waals surface area contributed by atoms with Gasteiger partial charge < -0.3 is 5.73 Å². The Bertz CT molecular complexity index is 543. The van der Waals surface area contributed by atoms with Crippen LogP contribution in [-0.2, 0) is 0 Å². The molecule has 2 N–H and O–H groups in total. The van der Waals surface area contributed by atoms with E-state index >= 15 is 0 Å². The van der Waals surface area contributed by atoms with E-state index < -0.39 is 17.7 Å². The quantitative estimate of drug-likeness (QED) is 0.868. The Kier molecular flexibility index (Phi) is 3.41. The van der Waals surface area contributed by atoms with Crippen LogP contribution in [0.3, 0.4) is 0 Å². The van der Waals surface area contributed by atoms with E-state index in [-0.39, 0.29) is 5.02 Å². The smallest absolute Gasteiger partial charge is 0.142 e. The summed E-state index contributed by atoms with van der Waals surface area (Å²) >= 11 is 5.81. The summed E-state index contributed by atoms with van der Waals surface area (Å²) in [5, 5.41) is -0.0664. The summed E-state index contributed by atoms with van der Waals surface area (Å²) < 4.78 is 26.8. The highest BCUT2D eigenvalue weighted by atomic mass is 35.5. The molecule has 2 aromatic rings. The maximum atomic E-state index is 13.5. The van der Waals surface area contributed by atoms with Gasteiger partial charge in [0.25, 0.3) is 0 Å². The number of halogens is 3. The highest BCUT2D eigenvalue weighted by Gasteiger charge is 2.17. The molecular formula is C13H10ClF2N. The van der Waals surface area contributed by atoms with Gasteiger partial charge in [0.15, 0.2) is 0 Å². The molecule has 0 aliphatic carbocycles. The summed E-state index contributed by atoms with van der Waals surface area (Å²) in [7, 11) is 0. The van der Waals surface area contributed by atoms with Crippen LogP contribution in [0.1, 0.15) is 17.2 Å². The molecule has 88 valence electrons. The predicted molar refractivity (Wildman–Crippen MR) is 63.8 cm³/mol. The van der Waals surface area contributed by atoms with Crippen molar-refractivity contribution in [3.8, 4) is 0 Å². The summed E-state index contributed by atoms with van der Waals surface area (Å²) in [4.78, 5) is 0. The lowest BCUT2D eigenvalue weighted by Gasteiger charge is -2.15. The van der Waals surface area contributed by atoms with E-state index in [0.717, 1.165) is 0 Å². The molecule has 2 rings (SSSR count). The highest BCUT2D eigenvalue weighted by Crippen LogP contribution is 2.29. The van der Waals surface area contributed by atoms with Crippen molar-refractivity contribution in [2.45, 2.75) is 6.04 Å². The molecule has 2 aromatic carbocycles. The minimum absolute atomic E-state index is 0.0664. The van der Waals surface area contributed by atoms with Crippen molar-refractivity contribution in [3.63, 3.8) is 0 Å². The normalized spacial score (nSPS) is 12.5. The third kappa shape index (κ3) is 2.30. The molecule has 0 heterocycles. The van der Waals surface area contributed by atoms with E-state index in [1.807, 2.05) is 0 Å². The van der Waals surface area contributed by atoms with Crippen molar-refractivity contribution in [3.05, 3.63) is 70.2 Å². The Morgan fingerprint density at radius 2 is 1.47 bits per heavy atom. The number of hydrogen-bond acceptors (Lipinski definition) is 1. The first-order chi connectivity index (χ1) is 8.11. The fraction of sp³-hybridized carbons (Fsp3) is 0.0769. The van der Waals surface area contributed by atoms with Crippen LogP contribution in [0.4, 0.5) is 8.78 Å². The van der Waals surface area contributed by atoms with Gasteiger partial charge in [-0.15, -0.1) is 0 Å². The lowest BCUT2D eigenvalue weighted by Crippen LogP contribution is -2.14. The third-order valence-corrected chi connectivity index (χ3v) is 2.96. The van der Waals surface area contributed by atoms with Crippen molar-refractivity contribution >= 4 is 11.6 Å². The summed E-state index contributed by atoms with van der Waals surface area (Å²) in [5.74, 6) is -0.990. The van der Waals surface area contributed by atoms with Gasteiger partial charge in [0.05, 0.1) is 11.1 Å². The molecule has 1 unspecified atom stereocenters. The van der Waals surface area contributed by atoms with Crippen LogP contribution in [0.5, 0.6) is 0 Å². The van der Waals surface area contributed by atoms with E-state index in [4.69, 9.17) is 17.3 Å². The standard InChI is InChI=1S/C13H10ClF2N/c14-12-9(5-3-7-11(12)16)13(17)8-4-1-2-6-10(8)15/h1-7,13H,17H2. The second-order valence-electron chi connectivity index (χ2n) is 3.64. The Hall–Kier alpha value is -1.45. The van der Waals surface area contributed by atoms with Crippen LogP contribution in [0.25, 0.3) is 0 Å². The van der Waals surface area contributed by atoms with E-state index in [0.29, 0.717) is 11.1 Å². The van der Waals surface area contributed by atoms with Crippen molar-refractivity contribution < 1.29 is 8.78 Å². The fourth-order valence-corrected chi connectivity index (χ4v) is 1.90. The SMILES string of the molecule is NC(c1ccccc1F)c1cccc(F)c1Cl. The first kappa shape index (κ1) is 12.0. The summed E-state index contributed by atoms with van der Waals surface area (Å²) in [6, 6.07) is 9.65. The fourth-order valence-electron chi connectivity index (χ4n) is 1.66. The van der Waals surface area contributed by atoms with Crippen LogP contribution in [0.15, 0.2) is 42.5 Å².